The normalized spacial score (nSPS) is 23.9. The molecule has 3 aliphatic rings. The highest BCUT2D eigenvalue weighted by Gasteiger charge is 2.52. The molecule has 5 rings (SSSR count). The third kappa shape index (κ3) is 3.77. The van der Waals surface area contributed by atoms with E-state index in [0.29, 0.717) is 22.3 Å². The molecule has 1 atom stereocenters. The Morgan fingerprint density at radius 1 is 1.06 bits per heavy atom. The number of hydrogen-bond acceptors (Lipinski definition) is 3. The zero-order valence-electron chi connectivity index (χ0n) is 20.0. The maximum atomic E-state index is 14.2. The van der Waals surface area contributed by atoms with Crippen LogP contribution in [0.5, 0.6) is 0 Å². The molecular weight excluding hydrogens is 435 g/mol. The van der Waals surface area contributed by atoms with Crippen LogP contribution in [0, 0.1) is 5.82 Å². The minimum absolute atomic E-state index is 0.0470. The Kier molecular flexibility index (Phi) is 5.86. The molecule has 0 bridgehead atoms. The van der Waals surface area contributed by atoms with E-state index in [9.17, 15) is 18.8 Å². The third-order valence-electron chi connectivity index (χ3n) is 7.86. The largest absolute Gasteiger partial charge is 0.351 e. The standard InChI is InChI=1S/C26H33FN4O3/c1-16(32)28-22-20-14-17(27)12-13-21(20)30-15-26(2,25(34)29-18-8-6-7-9-18)31(24(33)23(22)30)19-10-4-3-5-11-19/h12-14,18-19H,3-11,15H2,1-2H3,(H,28,32)(H,29,34)/t26-/m0/s1. The van der Waals surface area contributed by atoms with E-state index in [1.807, 2.05) is 6.92 Å². The second-order valence-electron chi connectivity index (χ2n) is 10.3. The van der Waals surface area contributed by atoms with Gasteiger partial charge in [0.2, 0.25) is 11.8 Å². The van der Waals surface area contributed by atoms with Crippen LogP contribution in [0.15, 0.2) is 18.2 Å². The number of hydrogen-bond donors (Lipinski definition) is 2. The van der Waals surface area contributed by atoms with E-state index in [1.165, 1.54) is 19.1 Å². The molecule has 8 heteroatoms. The van der Waals surface area contributed by atoms with E-state index >= 15 is 0 Å². The van der Waals surface area contributed by atoms with Gasteiger partial charge in [0, 0.05) is 24.4 Å². The molecule has 1 aliphatic heterocycles. The molecule has 1 aromatic carbocycles. The lowest BCUT2D eigenvalue weighted by molar-refractivity contribution is -0.135. The van der Waals surface area contributed by atoms with Crippen LogP contribution >= 0.6 is 0 Å². The Hall–Kier alpha value is -2.90. The van der Waals surface area contributed by atoms with Crippen molar-refractivity contribution >= 4 is 34.3 Å². The van der Waals surface area contributed by atoms with E-state index in [2.05, 4.69) is 10.6 Å². The number of carbonyl (C=O) groups excluding carboxylic acids is 3. The Balaban J connectivity index is 1.66. The zero-order valence-corrected chi connectivity index (χ0v) is 20.0. The molecule has 1 aromatic heterocycles. The van der Waals surface area contributed by atoms with Gasteiger partial charge in [-0.25, -0.2) is 4.39 Å². The number of nitrogens with zero attached hydrogens (tertiary/aromatic N) is 2. The van der Waals surface area contributed by atoms with Crippen LogP contribution < -0.4 is 10.6 Å². The van der Waals surface area contributed by atoms with Crippen LogP contribution in [0.25, 0.3) is 10.9 Å². The van der Waals surface area contributed by atoms with Gasteiger partial charge in [-0.05, 0) is 50.8 Å². The molecule has 0 unspecified atom stereocenters. The summed E-state index contributed by atoms with van der Waals surface area (Å²) in [5.74, 6) is -1.18. The minimum Gasteiger partial charge on any atom is -0.351 e. The quantitative estimate of drug-likeness (QED) is 0.700. The topological polar surface area (TPSA) is 83.4 Å². The predicted molar refractivity (Wildman–Crippen MR) is 128 cm³/mol. The number of amides is 3. The van der Waals surface area contributed by atoms with Gasteiger partial charge in [0.1, 0.15) is 17.1 Å². The summed E-state index contributed by atoms with van der Waals surface area (Å²) in [5, 5.41) is 6.48. The summed E-state index contributed by atoms with van der Waals surface area (Å²) in [5.41, 5.74) is 0.206. The first-order valence-electron chi connectivity index (χ1n) is 12.5. The molecule has 2 N–H and O–H groups in total. The fourth-order valence-corrected chi connectivity index (χ4v) is 6.24. The Morgan fingerprint density at radius 2 is 1.74 bits per heavy atom. The molecule has 2 aromatic rings. The first-order chi connectivity index (χ1) is 16.3. The molecule has 2 fully saturated rings. The monoisotopic (exact) mass is 468 g/mol. The SMILES string of the molecule is CC(=O)Nc1c2n(c3ccc(F)cc13)C[C@@](C)(C(=O)NC1CCCC1)N(C1CCCCC1)C2=O. The summed E-state index contributed by atoms with van der Waals surface area (Å²) in [6.45, 7) is 3.49. The van der Waals surface area contributed by atoms with E-state index < -0.39 is 11.4 Å². The van der Waals surface area contributed by atoms with Gasteiger partial charge in [-0.2, -0.15) is 0 Å². The molecule has 0 spiro atoms. The smallest absolute Gasteiger partial charge is 0.273 e. The van der Waals surface area contributed by atoms with Crippen molar-refractivity contribution in [3.63, 3.8) is 0 Å². The van der Waals surface area contributed by atoms with Crippen LogP contribution in [-0.4, -0.2) is 44.8 Å². The molecular formula is C26H33FN4O3. The lowest BCUT2D eigenvalue weighted by Gasteiger charge is -2.49. The molecule has 7 nitrogen and oxygen atoms in total. The Bertz CT molecular complexity index is 1150. The van der Waals surface area contributed by atoms with Crippen molar-refractivity contribution in [1.29, 1.82) is 0 Å². The van der Waals surface area contributed by atoms with E-state index in [-0.39, 0.29) is 36.3 Å². The Morgan fingerprint density at radius 3 is 2.41 bits per heavy atom. The second-order valence-corrected chi connectivity index (χ2v) is 10.3. The van der Waals surface area contributed by atoms with Gasteiger partial charge in [0.15, 0.2) is 0 Å². The lowest BCUT2D eigenvalue weighted by Crippen LogP contribution is -2.67. The van der Waals surface area contributed by atoms with Crippen LogP contribution in [-0.2, 0) is 16.1 Å². The van der Waals surface area contributed by atoms with Crippen molar-refractivity contribution in [2.75, 3.05) is 5.32 Å². The second kappa shape index (κ2) is 8.71. The lowest BCUT2D eigenvalue weighted by atomic mass is 9.86. The van der Waals surface area contributed by atoms with Gasteiger partial charge in [0.25, 0.3) is 5.91 Å². The van der Waals surface area contributed by atoms with Gasteiger partial charge in [0.05, 0.1) is 17.7 Å². The van der Waals surface area contributed by atoms with Gasteiger partial charge in [-0.1, -0.05) is 32.1 Å². The number of rotatable bonds is 4. The molecule has 182 valence electrons. The zero-order chi connectivity index (χ0) is 24.0. The summed E-state index contributed by atoms with van der Waals surface area (Å²) >= 11 is 0. The predicted octanol–water partition coefficient (Wildman–Crippen LogP) is 4.34. The molecule has 2 aliphatic carbocycles. The van der Waals surface area contributed by atoms with Crippen molar-refractivity contribution in [2.24, 2.45) is 0 Å². The highest BCUT2D eigenvalue weighted by molar-refractivity contribution is 6.14. The van der Waals surface area contributed by atoms with Crippen molar-refractivity contribution in [2.45, 2.75) is 95.8 Å². The number of anilines is 1. The first kappa shape index (κ1) is 22.9. The van der Waals surface area contributed by atoms with Crippen LogP contribution in [0.4, 0.5) is 10.1 Å². The maximum Gasteiger partial charge on any atom is 0.273 e. The molecule has 0 saturated heterocycles. The van der Waals surface area contributed by atoms with Crippen molar-refractivity contribution in [3.8, 4) is 0 Å². The van der Waals surface area contributed by atoms with E-state index in [4.69, 9.17) is 0 Å². The third-order valence-corrected chi connectivity index (χ3v) is 7.86. The average Bonchev–Trinajstić information content (AvgIpc) is 3.40. The summed E-state index contributed by atoms with van der Waals surface area (Å²) < 4.78 is 16.0. The van der Waals surface area contributed by atoms with E-state index in [1.54, 1.807) is 15.5 Å². The number of aromatic nitrogens is 1. The molecule has 34 heavy (non-hydrogen) atoms. The van der Waals surface area contributed by atoms with E-state index in [0.717, 1.165) is 57.8 Å². The van der Waals surface area contributed by atoms with Crippen molar-refractivity contribution in [3.05, 3.63) is 29.7 Å². The van der Waals surface area contributed by atoms with Crippen molar-refractivity contribution < 1.29 is 18.8 Å². The van der Waals surface area contributed by atoms with Gasteiger partial charge < -0.3 is 20.1 Å². The highest BCUT2D eigenvalue weighted by atomic mass is 19.1. The maximum absolute atomic E-state index is 14.2. The average molecular weight is 469 g/mol. The van der Waals surface area contributed by atoms with Crippen LogP contribution in [0.1, 0.15) is 82.1 Å². The summed E-state index contributed by atoms with van der Waals surface area (Å²) in [6.07, 6.45) is 8.98. The summed E-state index contributed by atoms with van der Waals surface area (Å²) in [4.78, 5) is 41.8. The number of fused-ring (bicyclic) bond motifs is 3. The van der Waals surface area contributed by atoms with Crippen LogP contribution in [0.3, 0.4) is 0 Å². The molecule has 0 radical (unpaired) electrons. The first-order valence-corrected chi connectivity index (χ1v) is 12.5. The molecule has 2 saturated carbocycles. The fourth-order valence-electron chi connectivity index (χ4n) is 6.24. The van der Waals surface area contributed by atoms with Crippen molar-refractivity contribution in [1.82, 2.24) is 14.8 Å². The highest BCUT2D eigenvalue weighted by Crippen LogP contribution is 2.42. The number of halogens is 1. The number of nitrogens with one attached hydrogen (secondary N) is 2. The summed E-state index contributed by atoms with van der Waals surface area (Å²) in [7, 11) is 0. The number of benzene rings is 1. The minimum atomic E-state index is -1.08. The molecule has 2 heterocycles. The van der Waals surface area contributed by atoms with Gasteiger partial charge >= 0.3 is 0 Å². The van der Waals surface area contributed by atoms with Crippen LogP contribution in [0.2, 0.25) is 0 Å². The van der Waals surface area contributed by atoms with Gasteiger partial charge in [-0.3, -0.25) is 14.4 Å². The summed E-state index contributed by atoms with van der Waals surface area (Å²) in [6, 6.07) is 4.41. The Labute approximate surface area is 199 Å². The molecule has 3 amide bonds. The number of carbonyl (C=O) groups is 3. The fraction of sp³-hybridized carbons (Fsp3) is 0.577. The van der Waals surface area contributed by atoms with Gasteiger partial charge in [-0.15, -0.1) is 0 Å².